The summed E-state index contributed by atoms with van der Waals surface area (Å²) in [4.78, 5) is 0. The van der Waals surface area contributed by atoms with Gasteiger partial charge in [-0.2, -0.15) is 0 Å². The Labute approximate surface area is 166 Å². The molecule has 0 atom stereocenters. The van der Waals surface area contributed by atoms with Crippen molar-refractivity contribution in [1.29, 1.82) is 0 Å². The van der Waals surface area contributed by atoms with Gasteiger partial charge >= 0.3 is 0 Å². The molecule has 3 nitrogen and oxygen atoms in total. The van der Waals surface area contributed by atoms with E-state index >= 15 is 0 Å². The fourth-order valence-electron chi connectivity index (χ4n) is 3.40. The highest BCUT2D eigenvalue weighted by Gasteiger charge is 2.15. The van der Waals surface area contributed by atoms with E-state index in [1.54, 1.807) is 17.6 Å². The van der Waals surface area contributed by atoms with Gasteiger partial charge in [-0.15, -0.1) is 11.3 Å². The minimum absolute atomic E-state index is 0.0305. The van der Waals surface area contributed by atoms with E-state index in [4.69, 9.17) is 9.47 Å². The fourth-order valence-corrected chi connectivity index (χ4v) is 4.61. The van der Waals surface area contributed by atoms with Gasteiger partial charge in [-0.3, -0.25) is 0 Å². The third-order valence-electron chi connectivity index (χ3n) is 4.82. The first kappa shape index (κ1) is 17.0. The zero-order valence-corrected chi connectivity index (χ0v) is 15.9. The summed E-state index contributed by atoms with van der Waals surface area (Å²) < 4.78 is 14.1. The predicted molar refractivity (Wildman–Crippen MR) is 112 cm³/mol. The van der Waals surface area contributed by atoms with E-state index in [9.17, 15) is 5.11 Å². The van der Waals surface area contributed by atoms with E-state index in [2.05, 4.69) is 24.3 Å². The number of rotatable bonds is 4. The lowest BCUT2D eigenvalue weighted by Crippen LogP contribution is -2.07. The molecule has 2 aliphatic rings. The number of hydrogen-bond donors (Lipinski definition) is 1. The monoisotopic (exact) mass is 386 g/mol. The van der Waals surface area contributed by atoms with Crippen LogP contribution >= 0.6 is 11.3 Å². The van der Waals surface area contributed by atoms with Crippen LogP contribution in [0.25, 0.3) is 18.2 Å². The number of fused-ring (bicyclic) bond motifs is 4. The second kappa shape index (κ2) is 7.15. The van der Waals surface area contributed by atoms with E-state index in [0.29, 0.717) is 12.4 Å². The van der Waals surface area contributed by atoms with Gasteiger partial charge in [-0.1, -0.05) is 54.6 Å². The summed E-state index contributed by atoms with van der Waals surface area (Å²) in [5, 5.41) is 11.8. The Kier molecular flexibility index (Phi) is 4.35. The van der Waals surface area contributed by atoms with Gasteiger partial charge in [0, 0.05) is 21.4 Å². The molecule has 4 heteroatoms. The maximum absolute atomic E-state index is 9.53. The quantitative estimate of drug-likeness (QED) is 0.745. The number of thiophene rings is 1. The first-order valence-corrected chi connectivity index (χ1v) is 9.94. The molecule has 0 unspecified atom stereocenters. The van der Waals surface area contributed by atoms with Crippen molar-refractivity contribution in [2.45, 2.75) is 13.2 Å². The molecule has 5 rings (SSSR count). The second-order valence-electron chi connectivity index (χ2n) is 6.70. The summed E-state index contributed by atoms with van der Waals surface area (Å²) in [5.74, 6) is 1.58. The molecular weight excluding hydrogens is 368 g/mol. The Hall–Kier alpha value is -3.08. The Balaban J connectivity index is 1.59. The van der Waals surface area contributed by atoms with Gasteiger partial charge in [0.25, 0.3) is 0 Å². The van der Waals surface area contributed by atoms with E-state index in [1.807, 2.05) is 48.6 Å². The largest absolute Gasteiger partial charge is 0.486 e. The van der Waals surface area contributed by atoms with Crippen LogP contribution in [0.1, 0.15) is 16.7 Å². The first-order valence-electron chi connectivity index (χ1n) is 9.12. The van der Waals surface area contributed by atoms with E-state index in [1.165, 1.54) is 0 Å². The summed E-state index contributed by atoms with van der Waals surface area (Å²) in [6.07, 6.45) is 9.93. The molecule has 1 N–H and O–H groups in total. The Morgan fingerprint density at radius 3 is 2.79 bits per heavy atom. The summed E-state index contributed by atoms with van der Waals surface area (Å²) in [6, 6.07) is 16.2. The molecule has 1 aliphatic heterocycles. The number of ether oxygens (including phenoxy) is 2. The molecule has 0 spiro atoms. The summed E-state index contributed by atoms with van der Waals surface area (Å²) in [7, 11) is 0. The van der Waals surface area contributed by atoms with Crippen molar-refractivity contribution in [2.24, 2.45) is 0 Å². The van der Waals surface area contributed by atoms with E-state index in [0.717, 1.165) is 41.9 Å². The van der Waals surface area contributed by atoms with Crippen LogP contribution in [0.2, 0.25) is 0 Å². The topological polar surface area (TPSA) is 38.7 Å². The molecule has 0 bridgehead atoms. The molecule has 1 aromatic heterocycles. The van der Waals surface area contributed by atoms with Crippen LogP contribution in [0.3, 0.4) is 0 Å². The normalized spacial score (nSPS) is 13.7. The average Bonchev–Trinajstić information content (AvgIpc) is 3.01. The van der Waals surface area contributed by atoms with Crippen molar-refractivity contribution < 1.29 is 14.6 Å². The van der Waals surface area contributed by atoms with Gasteiger partial charge in [0.05, 0.1) is 11.1 Å². The fraction of sp³-hybridized carbons (Fsp3) is 0.0833. The molecule has 0 amide bonds. The highest BCUT2D eigenvalue weighted by atomic mass is 32.1. The van der Waals surface area contributed by atoms with Crippen molar-refractivity contribution in [1.82, 2.24) is 0 Å². The lowest BCUT2D eigenvalue weighted by Gasteiger charge is -2.11. The van der Waals surface area contributed by atoms with Crippen LogP contribution in [0, 0.1) is 9.75 Å². The number of benzene rings is 2. The zero-order valence-electron chi connectivity index (χ0n) is 15.1. The van der Waals surface area contributed by atoms with Gasteiger partial charge in [-0.25, -0.2) is 0 Å². The van der Waals surface area contributed by atoms with E-state index < -0.39 is 0 Å². The maximum Gasteiger partial charge on any atom is 0.156 e. The molecule has 1 aliphatic carbocycles. The summed E-state index contributed by atoms with van der Waals surface area (Å²) in [6.45, 7) is 0.535. The van der Waals surface area contributed by atoms with Crippen LogP contribution in [0.15, 0.2) is 66.6 Å². The average molecular weight is 386 g/mol. The highest BCUT2D eigenvalue weighted by Crippen LogP contribution is 2.27. The standard InChI is InChI=1S/C24H18O3S/c25-13-17-9-10-18-7-4-8-20-23-22(28-24(20)21(18)11-17)12-19(15-27-23)26-14-16-5-2-1-3-6-16/h1-12,15,25H,13-14H2. The minimum atomic E-state index is 0.0305. The summed E-state index contributed by atoms with van der Waals surface area (Å²) >= 11 is 1.68. The van der Waals surface area contributed by atoms with Crippen LogP contribution in [-0.4, -0.2) is 5.11 Å². The SMILES string of the molecule is OCc1ccc2c(c1)=c1sc3c(c1C=CC=2)OC=C(OCc1ccccc1)C=3. The van der Waals surface area contributed by atoms with Crippen molar-refractivity contribution in [3.05, 3.63) is 103 Å². The zero-order chi connectivity index (χ0) is 18.9. The Morgan fingerprint density at radius 2 is 1.93 bits per heavy atom. The van der Waals surface area contributed by atoms with Gasteiger partial charge < -0.3 is 14.6 Å². The van der Waals surface area contributed by atoms with Gasteiger partial charge in [0.1, 0.15) is 12.9 Å². The minimum Gasteiger partial charge on any atom is -0.486 e. The first-order chi connectivity index (χ1) is 13.8. The molecule has 0 saturated carbocycles. The van der Waals surface area contributed by atoms with Gasteiger partial charge in [-0.05, 0) is 28.5 Å². The molecule has 0 radical (unpaired) electrons. The lowest BCUT2D eigenvalue weighted by atomic mass is 10.1. The number of aliphatic hydroxyl groups excluding tert-OH is 1. The van der Waals surface area contributed by atoms with Crippen LogP contribution in [-0.2, 0) is 18.0 Å². The molecule has 3 aromatic rings. The molecule has 0 fully saturated rings. The molecular formula is C24H18O3S. The van der Waals surface area contributed by atoms with Crippen LogP contribution in [0.5, 0.6) is 5.75 Å². The number of hydrogen-bond acceptors (Lipinski definition) is 4. The van der Waals surface area contributed by atoms with Crippen molar-refractivity contribution in [3.8, 4) is 5.75 Å². The van der Waals surface area contributed by atoms with Gasteiger partial charge in [0.15, 0.2) is 11.5 Å². The number of allylic oxidation sites excluding steroid dienone is 2. The maximum atomic E-state index is 9.53. The van der Waals surface area contributed by atoms with E-state index in [-0.39, 0.29) is 6.61 Å². The lowest BCUT2D eigenvalue weighted by molar-refractivity contribution is 0.205. The molecule has 2 aromatic carbocycles. The highest BCUT2D eigenvalue weighted by molar-refractivity contribution is 7.08. The van der Waals surface area contributed by atoms with Crippen molar-refractivity contribution >= 4 is 29.6 Å². The molecule has 2 heterocycles. The predicted octanol–water partition coefficient (Wildman–Crippen LogP) is 3.57. The third kappa shape index (κ3) is 3.07. The molecule has 138 valence electrons. The molecule has 28 heavy (non-hydrogen) atoms. The summed E-state index contributed by atoms with van der Waals surface area (Å²) in [5.41, 5.74) is 3.09. The van der Waals surface area contributed by atoms with Crippen molar-refractivity contribution in [3.63, 3.8) is 0 Å². The Morgan fingerprint density at radius 1 is 1.04 bits per heavy atom. The smallest absolute Gasteiger partial charge is 0.156 e. The third-order valence-corrected chi connectivity index (χ3v) is 5.99. The second-order valence-corrected chi connectivity index (χ2v) is 7.75. The number of aliphatic hydroxyl groups is 1. The van der Waals surface area contributed by atoms with Crippen LogP contribution in [0.4, 0.5) is 0 Å². The van der Waals surface area contributed by atoms with Crippen LogP contribution < -0.4 is 14.5 Å². The molecule has 0 saturated heterocycles. The van der Waals surface area contributed by atoms with Gasteiger partial charge in [0.2, 0.25) is 0 Å². The van der Waals surface area contributed by atoms with Crippen molar-refractivity contribution in [2.75, 3.05) is 0 Å². The Bertz CT molecular complexity index is 1310.